The Morgan fingerprint density at radius 1 is 1.59 bits per heavy atom. The summed E-state index contributed by atoms with van der Waals surface area (Å²) in [6.45, 7) is 0.342. The second kappa shape index (κ2) is 4.68. The van der Waals surface area contributed by atoms with Crippen LogP contribution in [0.25, 0.3) is 0 Å². The molecule has 0 atom stereocenters. The van der Waals surface area contributed by atoms with E-state index in [4.69, 9.17) is 15.3 Å². The smallest absolute Gasteiger partial charge is 0.358 e. The molecule has 0 bridgehead atoms. The fourth-order valence-electron chi connectivity index (χ4n) is 1.41. The van der Waals surface area contributed by atoms with Crippen LogP contribution in [-0.2, 0) is 13.1 Å². The van der Waals surface area contributed by atoms with E-state index in [1.807, 2.05) is 0 Å². The van der Waals surface area contributed by atoms with Crippen LogP contribution in [0.2, 0.25) is 0 Å². The molecule has 3 N–H and O–H groups in total. The molecule has 0 amide bonds. The van der Waals surface area contributed by atoms with Crippen LogP contribution in [0.5, 0.6) is 0 Å². The van der Waals surface area contributed by atoms with Gasteiger partial charge in [0.05, 0.1) is 5.69 Å². The highest BCUT2D eigenvalue weighted by molar-refractivity contribution is 9.10. The van der Waals surface area contributed by atoms with Crippen LogP contribution in [0.4, 0.5) is 0 Å². The molecule has 0 unspecified atom stereocenters. The molecule has 0 aliphatic heterocycles. The number of halogens is 1. The molecule has 0 spiro atoms. The van der Waals surface area contributed by atoms with Gasteiger partial charge in [-0.3, -0.25) is 0 Å². The molecular weight excluding hydrogens is 292 g/mol. The fourth-order valence-corrected chi connectivity index (χ4v) is 1.75. The first-order valence-corrected chi connectivity index (χ1v) is 5.51. The normalized spacial score (nSPS) is 10.7. The zero-order valence-corrected chi connectivity index (χ0v) is 10.2. The standard InChI is InChI=1S/C9H9BrN4O3/c10-7-2-1-5(17-7)4-14-6(3-11)8(9(15)16)12-13-14/h1-2H,3-4,11H2,(H,15,16). The van der Waals surface area contributed by atoms with Crippen LogP contribution >= 0.6 is 15.9 Å². The molecule has 0 saturated carbocycles. The Balaban J connectivity index is 2.30. The molecule has 90 valence electrons. The van der Waals surface area contributed by atoms with E-state index in [9.17, 15) is 4.79 Å². The van der Waals surface area contributed by atoms with Crippen molar-refractivity contribution in [3.8, 4) is 0 Å². The van der Waals surface area contributed by atoms with Crippen LogP contribution in [0.15, 0.2) is 21.2 Å². The van der Waals surface area contributed by atoms with Crippen molar-refractivity contribution in [2.75, 3.05) is 0 Å². The molecule has 0 radical (unpaired) electrons. The topological polar surface area (TPSA) is 107 Å². The molecule has 2 rings (SSSR count). The summed E-state index contributed by atoms with van der Waals surface area (Å²) in [6, 6.07) is 3.50. The summed E-state index contributed by atoms with van der Waals surface area (Å²) in [6.07, 6.45) is 0. The predicted molar refractivity (Wildman–Crippen MR) is 60.4 cm³/mol. The zero-order chi connectivity index (χ0) is 12.4. The number of carboxylic acid groups (broad SMARTS) is 1. The van der Waals surface area contributed by atoms with Gasteiger partial charge in [-0.2, -0.15) is 0 Å². The van der Waals surface area contributed by atoms with E-state index in [1.165, 1.54) is 4.68 Å². The minimum Gasteiger partial charge on any atom is -0.476 e. The average molecular weight is 301 g/mol. The largest absolute Gasteiger partial charge is 0.476 e. The number of nitrogens with two attached hydrogens (primary N) is 1. The molecule has 0 saturated heterocycles. The first-order valence-electron chi connectivity index (χ1n) is 4.71. The van der Waals surface area contributed by atoms with Crippen LogP contribution in [0, 0.1) is 0 Å². The van der Waals surface area contributed by atoms with Crippen molar-refractivity contribution in [2.24, 2.45) is 5.73 Å². The summed E-state index contributed by atoms with van der Waals surface area (Å²) in [7, 11) is 0. The molecule has 0 aliphatic rings. The predicted octanol–water partition coefficient (Wildman–Crippen LogP) is 0.839. The van der Waals surface area contributed by atoms with Gasteiger partial charge in [0, 0.05) is 6.54 Å². The number of hydrogen-bond donors (Lipinski definition) is 2. The Hall–Kier alpha value is -1.67. The maximum absolute atomic E-state index is 10.8. The van der Waals surface area contributed by atoms with Crippen LogP contribution in [0.1, 0.15) is 21.9 Å². The SMILES string of the molecule is NCc1c(C(=O)O)nnn1Cc1ccc(Br)o1. The third-order valence-electron chi connectivity index (χ3n) is 2.17. The summed E-state index contributed by atoms with van der Waals surface area (Å²) in [4.78, 5) is 10.8. The summed E-state index contributed by atoms with van der Waals surface area (Å²) in [5, 5.41) is 16.2. The van der Waals surface area contributed by atoms with Gasteiger partial charge in [0.15, 0.2) is 10.4 Å². The summed E-state index contributed by atoms with van der Waals surface area (Å²) < 4.78 is 7.31. The number of hydrogen-bond acceptors (Lipinski definition) is 5. The van der Waals surface area contributed by atoms with Gasteiger partial charge in [-0.25, -0.2) is 9.48 Å². The van der Waals surface area contributed by atoms with Gasteiger partial charge < -0.3 is 15.3 Å². The highest BCUT2D eigenvalue weighted by Crippen LogP contribution is 2.16. The molecule has 8 heteroatoms. The van der Waals surface area contributed by atoms with E-state index in [1.54, 1.807) is 12.1 Å². The Labute approximate surface area is 104 Å². The van der Waals surface area contributed by atoms with E-state index in [0.717, 1.165) is 0 Å². The van der Waals surface area contributed by atoms with Gasteiger partial charge in [-0.1, -0.05) is 5.21 Å². The molecule has 0 aromatic carbocycles. The molecule has 2 aromatic rings. The van der Waals surface area contributed by atoms with Crippen molar-refractivity contribution in [1.82, 2.24) is 15.0 Å². The Kier molecular flexibility index (Phi) is 3.25. The van der Waals surface area contributed by atoms with Gasteiger partial charge in [0.2, 0.25) is 0 Å². The van der Waals surface area contributed by atoms with Crippen molar-refractivity contribution >= 4 is 21.9 Å². The first kappa shape index (κ1) is 11.8. The summed E-state index contributed by atoms with van der Waals surface area (Å²) in [5.74, 6) is -0.509. The maximum Gasteiger partial charge on any atom is 0.358 e. The number of rotatable bonds is 4. The molecule has 2 heterocycles. The number of aromatic nitrogens is 3. The van der Waals surface area contributed by atoms with Gasteiger partial charge in [0.25, 0.3) is 0 Å². The van der Waals surface area contributed by atoms with E-state index in [2.05, 4.69) is 26.2 Å². The molecule has 7 nitrogen and oxygen atoms in total. The number of carboxylic acids is 1. The molecule has 0 aliphatic carbocycles. The Bertz CT molecular complexity index is 548. The zero-order valence-electron chi connectivity index (χ0n) is 8.63. The van der Waals surface area contributed by atoms with Gasteiger partial charge in [-0.15, -0.1) is 5.10 Å². The lowest BCUT2D eigenvalue weighted by Gasteiger charge is -2.02. The number of aromatic carboxylic acids is 1. The molecule has 2 aromatic heterocycles. The highest BCUT2D eigenvalue weighted by Gasteiger charge is 2.18. The van der Waals surface area contributed by atoms with Crippen molar-refractivity contribution in [2.45, 2.75) is 13.1 Å². The van der Waals surface area contributed by atoms with Crippen molar-refractivity contribution in [3.63, 3.8) is 0 Å². The lowest BCUT2D eigenvalue weighted by molar-refractivity contribution is 0.0689. The Morgan fingerprint density at radius 3 is 2.88 bits per heavy atom. The second-order valence-corrected chi connectivity index (χ2v) is 4.04. The van der Waals surface area contributed by atoms with Crippen molar-refractivity contribution in [1.29, 1.82) is 0 Å². The highest BCUT2D eigenvalue weighted by atomic mass is 79.9. The number of nitrogens with zero attached hydrogens (tertiary/aromatic N) is 3. The maximum atomic E-state index is 10.8. The van der Waals surface area contributed by atoms with E-state index in [-0.39, 0.29) is 12.2 Å². The molecule has 0 fully saturated rings. The lowest BCUT2D eigenvalue weighted by atomic mass is 10.3. The Morgan fingerprint density at radius 2 is 2.35 bits per heavy atom. The van der Waals surface area contributed by atoms with E-state index in [0.29, 0.717) is 22.7 Å². The van der Waals surface area contributed by atoms with Crippen LogP contribution in [0.3, 0.4) is 0 Å². The second-order valence-electron chi connectivity index (χ2n) is 3.26. The minimum atomic E-state index is -1.14. The van der Waals surface area contributed by atoms with E-state index < -0.39 is 5.97 Å². The van der Waals surface area contributed by atoms with E-state index >= 15 is 0 Å². The van der Waals surface area contributed by atoms with Gasteiger partial charge >= 0.3 is 5.97 Å². The lowest BCUT2D eigenvalue weighted by Crippen LogP contribution is -2.12. The summed E-state index contributed by atoms with van der Waals surface area (Å²) in [5.41, 5.74) is 5.73. The van der Waals surface area contributed by atoms with Gasteiger partial charge in [0.1, 0.15) is 12.3 Å². The third-order valence-corrected chi connectivity index (χ3v) is 2.59. The molecular formula is C9H9BrN4O3. The molecule has 17 heavy (non-hydrogen) atoms. The number of furan rings is 1. The summed E-state index contributed by atoms with van der Waals surface area (Å²) >= 11 is 3.18. The fraction of sp³-hybridized carbons (Fsp3) is 0.222. The van der Waals surface area contributed by atoms with Crippen molar-refractivity contribution < 1.29 is 14.3 Å². The first-order chi connectivity index (χ1) is 8.11. The van der Waals surface area contributed by atoms with Gasteiger partial charge in [-0.05, 0) is 28.1 Å². The average Bonchev–Trinajstić information content (AvgIpc) is 2.85. The van der Waals surface area contributed by atoms with Crippen LogP contribution in [-0.4, -0.2) is 26.1 Å². The monoisotopic (exact) mass is 300 g/mol. The minimum absolute atomic E-state index is 0.0521. The van der Waals surface area contributed by atoms with Crippen molar-refractivity contribution in [3.05, 3.63) is 34.0 Å². The third kappa shape index (κ3) is 2.37. The van der Waals surface area contributed by atoms with Crippen LogP contribution < -0.4 is 5.73 Å². The quantitative estimate of drug-likeness (QED) is 0.866. The number of carbonyl (C=O) groups is 1.